The van der Waals surface area contributed by atoms with Crippen molar-refractivity contribution in [2.45, 2.75) is 38.2 Å². The topological polar surface area (TPSA) is 47.0 Å². The molecule has 0 saturated heterocycles. The van der Waals surface area contributed by atoms with Gasteiger partial charge in [0.15, 0.2) is 0 Å². The van der Waals surface area contributed by atoms with E-state index in [1.165, 1.54) is 29.7 Å². The molecular formula is C17H19N3O. The van der Waals surface area contributed by atoms with E-state index < -0.39 is 0 Å². The van der Waals surface area contributed by atoms with E-state index >= 15 is 0 Å². The van der Waals surface area contributed by atoms with Crippen LogP contribution in [-0.4, -0.2) is 22.6 Å². The summed E-state index contributed by atoms with van der Waals surface area (Å²) in [5.74, 6) is 2.02. The van der Waals surface area contributed by atoms with Gasteiger partial charge >= 0.3 is 0 Å². The third-order valence-electron chi connectivity index (χ3n) is 4.34. The molecule has 1 aliphatic carbocycles. The summed E-state index contributed by atoms with van der Waals surface area (Å²) in [4.78, 5) is 8.83. The summed E-state index contributed by atoms with van der Waals surface area (Å²) < 4.78 is 5.97. The largest absolute Gasteiger partial charge is 0.488 e. The summed E-state index contributed by atoms with van der Waals surface area (Å²) in [6.07, 6.45) is 7.48. The summed E-state index contributed by atoms with van der Waals surface area (Å²) in [6, 6.07) is 8.28. The molecule has 1 aromatic heterocycles. The molecule has 108 valence electrons. The molecule has 0 bridgehead atoms. The molecule has 0 saturated carbocycles. The van der Waals surface area contributed by atoms with Crippen molar-refractivity contribution in [3.8, 4) is 5.75 Å². The fraction of sp³-hybridized carbons (Fsp3) is 0.412. The Morgan fingerprint density at radius 2 is 2.05 bits per heavy atom. The van der Waals surface area contributed by atoms with Gasteiger partial charge in [0.25, 0.3) is 0 Å². The number of nitrogens with one attached hydrogen (secondary N) is 1. The lowest BCUT2D eigenvalue weighted by Crippen LogP contribution is -2.25. The first-order chi connectivity index (χ1) is 10.4. The number of rotatable bonds is 3. The summed E-state index contributed by atoms with van der Waals surface area (Å²) in [6.45, 7) is 0.790. The first kappa shape index (κ1) is 12.6. The monoisotopic (exact) mass is 281 g/mol. The van der Waals surface area contributed by atoms with E-state index in [1.807, 2.05) is 12.1 Å². The number of nitrogens with zero attached hydrogens (tertiary/aromatic N) is 2. The van der Waals surface area contributed by atoms with Crippen LogP contribution in [0.15, 0.2) is 30.6 Å². The number of benzene rings is 1. The molecule has 1 atom stereocenters. The van der Waals surface area contributed by atoms with E-state index in [0.29, 0.717) is 0 Å². The Hall–Kier alpha value is -2.10. The minimum Gasteiger partial charge on any atom is -0.488 e. The van der Waals surface area contributed by atoms with E-state index in [2.05, 4.69) is 27.4 Å². The van der Waals surface area contributed by atoms with Gasteiger partial charge in [0.1, 0.15) is 24.0 Å². The molecule has 2 aliphatic rings. The van der Waals surface area contributed by atoms with Gasteiger partial charge < -0.3 is 10.1 Å². The van der Waals surface area contributed by atoms with Gasteiger partial charge in [0.2, 0.25) is 0 Å². The molecule has 1 aromatic carbocycles. The van der Waals surface area contributed by atoms with E-state index in [4.69, 9.17) is 4.74 Å². The maximum Gasteiger partial charge on any atom is 0.132 e. The minimum atomic E-state index is 0.191. The van der Waals surface area contributed by atoms with Crippen molar-refractivity contribution in [1.29, 1.82) is 0 Å². The average Bonchev–Trinajstić information content (AvgIpc) is 2.96. The van der Waals surface area contributed by atoms with Gasteiger partial charge in [-0.2, -0.15) is 0 Å². The van der Waals surface area contributed by atoms with E-state index in [1.54, 1.807) is 6.33 Å². The molecular weight excluding hydrogens is 262 g/mol. The van der Waals surface area contributed by atoms with Crippen LogP contribution in [0.5, 0.6) is 5.75 Å². The van der Waals surface area contributed by atoms with Crippen molar-refractivity contribution in [3.63, 3.8) is 0 Å². The Bertz CT molecular complexity index is 631. The number of hydrogen-bond donors (Lipinski definition) is 1. The highest BCUT2D eigenvalue weighted by Crippen LogP contribution is 2.29. The summed E-state index contributed by atoms with van der Waals surface area (Å²) >= 11 is 0. The molecule has 0 amide bonds. The van der Waals surface area contributed by atoms with Crippen LogP contribution in [0.1, 0.15) is 29.7 Å². The fourth-order valence-electron chi connectivity index (χ4n) is 3.25. The maximum absolute atomic E-state index is 5.97. The second-order valence-electron chi connectivity index (χ2n) is 5.79. The highest BCUT2D eigenvalue weighted by molar-refractivity contribution is 5.47. The van der Waals surface area contributed by atoms with E-state index in [9.17, 15) is 0 Å². The number of aromatic nitrogens is 2. The van der Waals surface area contributed by atoms with Crippen molar-refractivity contribution in [2.24, 2.45) is 0 Å². The van der Waals surface area contributed by atoms with Crippen LogP contribution >= 0.6 is 0 Å². The second kappa shape index (κ2) is 5.35. The Labute approximate surface area is 124 Å². The summed E-state index contributed by atoms with van der Waals surface area (Å²) in [5, 5.41) is 3.47. The third kappa shape index (κ3) is 2.46. The van der Waals surface area contributed by atoms with Gasteiger partial charge in [-0.1, -0.05) is 18.2 Å². The van der Waals surface area contributed by atoms with Crippen molar-refractivity contribution < 1.29 is 4.74 Å². The van der Waals surface area contributed by atoms with Crippen molar-refractivity contribution in [3.05, 3.63) is 47.4 Å². The van der Waals surface area contributed by atoms with Gasteiger partial charge in [-0.3, -0.25) is 0 Å². The molecule has 21 heavy (non-hydrogen) atoms. The highest BCUT2D eigenvalue weighted by atomic mass is 16.5. The zero-order chi connectivity index (χ0) is 14.1. The maximum atomic E-state index is 5.97. The molecule has 0 radical (unpaired) electrons. The van der Waals surface area contributed by atoms with Crippen molar-refractivity contribution in [2.75, 3.05) is 11.9 Å². The van der Waals surface area contributed by atoms with Crippen molar-refractivity contribution in [1.82, 2.24) is 9.97 Å². The van der Waals surface area contributed by atoms with Crippen LogP contribution in [0.2, 0.25) is 0 Å². The molecule has 1 aliphatic heterocycles. The predicted octanol–water partition coefficient (Wildman–Crippen LogP) is 2.77. The first-order valence-corrected chi connectivity index (χ1v) is 7.71. The molecule has 0 spiro atoms. The van der Waals surface area contributed by atoms with Gasteiger partial charge in [0.05, 0.1) is 6.54 Å². The van der Waals surface area contributed by atoms with E-state index in [-0.39, 0.29) is 6.10 Å². The van der Waals surface area contributed by atoms with E-state index in [0.717, 1.165) is 37.4 Å². The molecule has 4 heteroatoms. The fourth-order valence-corrected chi connectivity index (χ4v) is 3.25. The quantitative estimate of drug-likeness (QED) is 0.939. The molecule has 2 heterocycles. The van der Waals surface area contributed by atoms with Crippen molar-refractivity contribution >= 4 is 5.82 Å². The standard InChI is InChI=1S/C17H19N3O/c1-4-8-16-12(5-1)9-13(21-16)10-18-17-14-6-2-3-7-15(14)19-11-20-17/h1,4-5,8,11,13H,2-3,6-7,9-10H2,(H,18,19,20). The lowest BCUT2D eigenvalue weighted by molar-refractivity contribution is 0.246. The minimum absolute atomic E-state index is 0.191. The Morgan fingerprint density at radius 1 is 1.14 bits per heavy atom. The predicted molar refractivity (Wildman–Crippen MR) is 81.7 cm³/mol. The highest BCUT2D eigenvalue weighted by Gasteiger charge is 2.23. The lowest BCUT2D eigenvalue weighted by Gasteiger charge is -2.19. The number of ether oxygens (including phenoxy) is 1. The Balaban J connectivity index is 1.44. The SMILES string of the molecule is c1ccc2c(c1)CC(CNc1ncnc3c1CCCC3)O2. The van der Waals surface area contributed by atoms with Crippen LogP contribution in [0.4, 0.5) is 5.82 Å². The molecule has 4 rings (SSSR count). The smallest absolute Gasteiger partial charge is 0.132 e. The van der Waals surface area contributed by atoms with Crippen LogP contribution in [0.25, 0.3) is 0 Å². The number of anilines is 1. The van der Waals surface area contributed by atoms with Crippen LogP contribution in [-0.2, 0) is 19.3 Å². The van der Waals surface area contributed by atoms with Crippen LogP contribution < -0.4 is 10.1 Å². The second-order valence-corrected chi connectivity index (χ2v) is 5.79. The van der Waals surface area contributed by atoms with Gasteiger partial charge in [-0.05, 0) is 37.3 Å². The molecule has 4 nitrogen and oxygen atoms in total. The number of hydrogen-bond acceptors (Lipinski definition) is 4. The Morgan fingerprint density at radius 3 is 3.00 bits per heavy atom. The lowest BCUT2D eigenvalue weighted by atomic mass is 9.96. The molecule has 2 aromatic rings. The Kier molecular flexibility index (Phi) is 3.22. The van der Waals surface area contributed by atoms with Gasteiger partial charge in [-0.15, -0.1) is 0 Å². The van der Waals surface area contributed by atoms with Gasteiger partial charge in [0, 0.05) is 17.7 Å². The van der Waals surface area contributed by atoms with Crippen LogP contribution in [0.3, 0.4) is 0 Å². The normalized spacial score (nSPS) is 19.5. The average molecular weight is 281 g/mol. The summed E-state index contributed by atoms with van der Waals surface area (Å²) in [7, 11) is 0. The third-order valence-corrected chi connectivity index (χ3v) is 4.34. The number of para-hydroxylation sites is 1. The van der Waals surface area contributed by atoms with Crippen LogP contribution in [0, 0.1) is 0 Å². The number of aryl methyl sites for hydroxylation is 1. The molecule has 0 fully saturated rings. The number of fused-ring (bicyclic) bond motifs is 2. The zero-order valence-corrected chi connectivity index (χ0v) is 12.0. The molecule has 1 N–H and O–H groups in total. The first-order valence-electron chi connectivity index (χ1n) is 7.71. The summed E-state index contributed by atoms with van der Waals surface area (Å²) in [5.41, 5.74) is 3.82. The van der Waals surface area contributed by atoms with Gasteiger partial charge in [-0.25, -0.2) is 9.97 Å². The molecule has 1 unspecified atom stereocenters. The zero-order valence-electron chi connectivity index (χ0n) is 12.0.